The molecular weight excluding hydrogens is 300 g/mol. The molecule has 0 aliphatic heterocycles. The first kappa shape index (κ1) is 15.2. The van der Waals surface area contributed by atoms with Crippen molar-refractivity contribution in [2.75, 3.05) is 5.43 Å². The second-order valence-corrected chi connectivity index (χ2v) is 8.10. The largest absolute Gasteiger partial charge is 0.261 e. The van der Waals surface area contributed by atoms with E-state index in [9.17, 15) is 8.42 Å². The Morgan fingerprint density at radius 2 is 2.23 bits per heavy atom. The molecule has 1 fully saturated rings. The first-order chi connectivity index (χ1) is 10.3. The van der Waals surface area contributed by atoms with Crippen molar-refractivity contribution >= 4 is 22.1 Å². The number of fused-ring (bicyclic) bond motifs is 1. The van der Waals surface area contributed by atoms with Crippen LogP contribution in [-0.2, 0) is 10.0 Å². The predicted molar refractivity (Wildman–Crippen MR) is 85.8 cm³/mol. The molecule has 3 N–H and O–H groups in total. The Balaban J connectivity index is 1.65. The van der Waals surface area contributed by atoms with Crippen molar-refractivity contribution in [3.8, 4) is 0 Å². The molecule has 0 amide bonds. The minimum atomic E-state index is -3.71. The molecule has 1 aromatic rings. The third kappa shape index (κ3) is 2.66. The second kappa shape index (κ2) is 5.17. The molecule has 4 rings (SSSR count). The molecule has 0 aromatic carbocycles. The van der Waals surface area contributed by atoms with Gasteiger partial charge in [0.1, 0.15) is 10.7 Å². The zero-order valence-corrected chi connectivity index (χ0v) is 13.5. The Morgan fingerprint density at radius 3 is 2.77 bits per heavy atom. The van der Waals surface area contributed by atoms with Crippen molar-refractivity contribution < 1.29 is 8.42 Å². The average molecular weight is 320 g/mol. The summed E-state index contributed by atoms with van der Waals surface area (Å²) in [5.41, 5.74) is 4.45. The van der Waals surface area contributed by atoms with Gasteiger partial charge in [0.15, 0.2) is 0 Å². The Kier molecular flexibility index (Phi) is 3.57. The van der Waals surface area contributed by atoms with Gasteiger partial charge < -0.3 is 0 Å². The van der Waals surface area contributed by atoms with E-state index in [0.717, 1.165) is 12.3 Å². The number of nitrogens with zero attached hydrogens (tertiary/aromatic N) is 2. The fourth-order valence-electron chi connectivity index (χ4n) is 3.33. The minimum absolute atomic E-state index is 0.0146. The van der Waals surface area contributed by atoms with Crippen molar-refractivity contribution in [2.45, 2.75) is 31.6 Å². The predicted octanol–water partition coefficient (Wildman–Crippen LogP) is 2.12. The van der Waals surface area contributed by atoms with Crippen LogP contribution in [0.1, 0.15) is 26.7 Å². The minimum Gasteiger partial charge on any atom is -0.261 e. The van der Waals surface area contributed by atoms with Crippen molar-refractivity contribution in [3.63, 3.8) is 0 Å². The van der Waals surface area contributed by atoms with Gasteiger partial charge in [-0.05, 0) is 47.8 Å². The Morgan fingerprint density at radius 1 is 1.45 bits per heavy atom. The molecule has 7 heteroatoms. The smallest absolute Gasteiger partial charge is 0.239 e. The van der Waals surface area contributed by atoms with Gasteiger partial charge in [-0.3, -0.25) is 5.43 Å². The van der Waals surface area contributed by atoms with Gasteiger partial charge in [0.2, 0.25) is 10.0 Å². The molecule has 0 spiro atoms. The molecule has 2 unspecified atom stereocenters. The fraction of sp³-hybridized carbons (Fsp3) is 0.467. The van der Waals surface area contributed by atoms with Gasteiger partial charge in [-0.15, -0.1) is 0 Å². The lowest BCUT2D eigenvalue weighted by atomic mass is 9.49. The number of rotatable bonds is 4. The molecule has 22 heavy (non-hydrogen) atoms. The van der Waals surface area contributed by atoms with E-state index in [-0.39, 0.29) is 4.90 Å². The summed E-state index contributed by atoms with van der Waals surface area (Å²) in [6, 6.07) is 2.94. The lowest BCUT2D eigenvalue weighted by Crippen LogP contribution is -2.48. The second-order valence-electron chi connectivity index (χ2n) is 6.54. The number of hydrogen-bond donors (Lipinski definition) is 2. The zero-order valence-electron chi connectivity index (χ0n) is 12.7. The lowest BCUT2D eigenvalue weighted by Gasteiger charge is -2.55. The summed E-state index contributed by atoms with van der Waals surface area (Å²) in [4.78, 5) is 3.97. The van der Waals surface area contributed by atoms with Crippen LogP contribution in [0.3, 0.4) is 0 Å². The van der Waals surface area contributed by atoms with E-state index in [4.69, 9.17) is 5.14 Å². The number of hydrazone groups is 1. The van der Waals surface area contributed by atoms with Gasteiger partial charge in [-0.2, -0.15) is 5.10 Å². The van der Waals surface area contributed by atoms with Crippen molar-refractivity contribution in [1.29, 1.82) is 0 Å². The van der Waals surface area contributed by atoms with Gasteiger partial charge in [0.25, 0.3) is 0 Å². The maximum atomic E-state index is 11.1. The van der Waals surface area contributed by atoms with Gasteiger partial charge in [-0.25, -0.2) is 18.5 Å². The van der Waals surface area contributed by atoms with Crippen LogP contribution >= 0.6 is 0 Å². The maximum Gasteiger partial charge on any atom is 0.239 e. The van der Waals surface area contributed by atoms with Crippen LogP contribution in [0.5, 0.6) is 0 Å². The Hall–Kier alpha value is -1.73. The number of allylic oxidation sites excluding steroid dienone is 2. The first-order valence-electron chi connectivity index (χ1n) is 7.26. The van der Waals surface area contributed by atoms with E-state index >= 15 is 0 Å². The number of sulfonamides is 1. The standard InChI is InChI=1S/C15H20N4O2S/c1-15(2)11-4-3-10(13(15)7-11)8-18-19-14-6-5-12(9-17-14)22(16,20)21/h3,5-6,8-9,11,13H,4,7H2,1-2H3,(H,17,19)(H2,16,20,21)/b18-8+. The maximum absolute atomic E-state index is 11.1. The molecule has 6 nitrogen and oxygen atoms in total. The summed E-state index contributed by atoms with van der Waals surface area (Å²) >= 11 is 0. The molecule has 3 aliphatic rings. The molecule has 2 bridgehead atoms. The highest BCUT2D eigenvalue weighted by Gasteiger charge is 2.50. The van der Waals surface area contributed by atoms with Crippen LogP contribution < -0.4 is 10.6 Å². The number of pyridine rings is 1. The SMILES string of the molecule is CC1(C)C2CC=C(/C=N/Nc3ccc(S(N)(=O)=O)cn3)C1C2. The van der Waals surface area contributed by atoms with Gasteiger partial charge in [-0.1, -0.05) is 19.9 Å². The molecular formula is C15H20N4O2S. The number of nitrogens with one attached hydrogen (secondary N) is 1. The van der Waals surface area contributed by atoms with E-state index in [0.29, 0.717) is 17.2 Å². The van der Waals surface area contributed by atoms with Gasteiger partial charge >= 0.3 is 0 Å². The quantitative estimate of drug-likeness (QED) is 0.656. The van der Waals surface area contributed by atoms with Crippen LogP contribution in [0.4, 0.5) is 5.82 Å². The van der Waals surface area contributed by atoms with Crippen LogP contribution in [0, 0.1) is 17.3 Å². The highest BCUT2D eigenvalue weighted by molar-refractivity contribution is 7.89. The van der Waals surface area contributed by atoms with Crippen molar-refractivity contribution in [2.24, 2.45) is 27.5 Å². The molecule has 0 saturated heterocycles. The summed E-state index contributed by atoms with van der Waals surface area (Å²) in [7, 11) is -3.71. The summed E-state index contributed by atoms with van der Waals surface area (Å²) in [6.45, 7) is 4.63. The first-order valence-corrected chi connectivity index (χ1v) is 8.81. The highest BCUT2D eigenvalue weighted by Crippen LogP contribution is 2.58. The number of nitrogens with two attached hydrogens (primary N) is 1. The van der Waals surface area contributed by atoms with Crippen LogP contribution in [0.25, 0.3) is 0 Å². The summed E-state index contributed by atoms with van der Waals surface area (Å²) in [5, 5.41) is 9.24. The van der Waals surface area contributed by atoms with E-state index in [2.05, 4.69) is 35.4 Å². The molecule has 1 aromatic heterocycles. The fourth-order valence-corrected chi connectivity index (χ4v) is 3.79. The third-order valence-electron chi connectivity index (χ3n) is 4.97. The lowest BCUT2D eigenvalue weighted by molar-refractivity contribution is -0.00124. The summed E-state index contributed by atoms with van der Waals surface area (Å²) < 4.78 is 22.3. The molecule has 2 atom stereocenters. The Labute approximate surface area is 130 Å². The molecule has 118 valence electrons. The molecule has 0 radical (unpaired) electrons. The Bertz CT molecular complexity index is 735. The van der Waals surface area contributed by atoms with Gasteiger partial charge in [0, 0.05) is 6.20 Å². The highest BCUT2D eigenvalue weighted by atomic mass is 32.2. The number of anilines is 1. The van der Waals surface area contributed by atoms with Crippen LogP contribution in [0.2, 0.25) is 0 Å². The van der Waals surface area contributed by atoms with Crippen molar-refractivity contribution in [1.82, 2.24) is 4.98 Å². The topological polar surface area (TPSA) is 97.4 Å². The number of primary sulfonamides is 1. The number of hydrogen-bond acceptors (Lipinski definition) is 5. The molecule has 1 heterocycles. The zero-order chi connectivity index (χ0) is 16.0. The van der Waals surface area contributed by atoms with E-state index in [1.807, 2.05) is 6.21 Å². The summed E-state index contributed by atoms with van der Waals surface area (Å²) in [5.74, 6) is 1.86. The van der Waals surface area contributed by atoms with E-state index < -0.39 is 10.0 Å². The molecule has 3 aliphatic carbocycles. The normalized spacial score (nSPS) is 26.4. The van der Waals surface area contributed by atoms with Crippen LogP contribution in [0.15, 0.2) is 40.0 Å². The van der Waals surface area contributed by atoms with Crippen LogP contribution in [-0.4, -0.2) is 19.6 Å². The third-order valence-corrected chi connectivity index (χ3v) is 5.87. The van der Waals surface area contributed by atoms with E-state index in [1.165, 1.54) is 30.3 Å². The number of aromatic nitrogens is 1. The van der Waals surface area contributed by atoms with Crippen molar-refractivity contribution in [3.05, 3.63) is 30.0 Å². The van der Waals surface area contributed by atoms with E-state index in [1.54, 1.807) is 0 Å². The monoisotopic (exact) mass is 320 g/mol. The van der Waals surface area contributed by atoms with Gasteiger partial charge in [0.05, 0.1) is 6.21 Å². The molecule has 1 saturated carbocycles. The summed E-state index contributed by atoms with van der Waals surface area (Å²) in [6.07, 6.45) is 7.68. The average Bonchev–Trinajstić information content (AvgIpc) is 2.47.